The Morgan fingerprint density at radius 2 is 1.64 bits per heavy atom. The Morgan fingerprint density at radius 1 is 0.960 bits per heavy atom. The third kappa shape index (κ3) is 2.73. The maximum atomic E-state index is 12.8. The van der Waals surface area contributed by atoms with Crippen LogP contribution in [0.25, 0.3) is 20.9 Å². The average molecular weight is 368 g/mol. The lowest BCUT2D eigenvalue weighted by Crippen LogP contribution is -2.11. The summed E-state index contributed by atoms with van der Waals surface area (Å²) in [6, 6.07) is 19.2. The summed E-state index contributed by atoms with van der Waals surface area (Å²) in [4.78, 5) is 13.3. The van der Waals surface area contributed by atoms with Crippen molar-refractivity contribution in [2.45, 2.75) is 0 Å². The van der Waals surface area contributed by atoms with Crippen LogP contribution >= 0.6 is 22.9 Å². The van der Waals surface area contributed by atoms with Gasteiger partial charge in [0.25, 0.3) is 5.91 Å². The van der Waals surface area contributed by atoms with Crippen molar-refractivity contribution in [3.05, 3.63) is 70.6 Å². The van der Waals surface area contributed by atoms with Gasteiger partial charge in [-0.1, -0.05) is 54.1 Å². The van der Waals surface area contributed by atoms with E-state index in [0.717, 1.165) is 32.3 Å². The molecule has 1 amide bonds. The number of nitrogens with one attached hydrogen (secondary N) is 1. The minimum atomic E-state index is -0.207. The molecule has 124 valence electrons. The number of benzene rings is 3. The van der Waals surface area contributed by atoms with E-state index in [-0.39, 0.29) is 5.91 Å². The van der Waals surface area contributed by atoms with E-state index in [1.807, 2.05) is 60.7 Å². The monoisotopic (exact) mass is 367 g/mol. The number of carbonyl (C=O) groups excluding carboxylic acids is 1. The highest BCUT2D eigenvalue weighted by molar-refractivity contribution is 7.21. The van der Waals surface area contributed by atoms with Crippen LogP contribution in [0.5, 0.6) is 5.75 Å². The molecule has 3 aromatic carbocycles. The molecule has 25 heavy (non-hydrogen) atoms. The molecule has 0 saturated carbocycles. The van der Waals surface area contributed by atoms with Crippen molar-refractivity contribution in [2.75, 3.05) is 12.4 Å². The highest BCUT2D eigenvalue weighted by Gasteiger charge is 2.18. The molecule has 0 aliphatic carbocycles. The second kappa shape index (κ2) is 6.39. The van der Waals surface area contributed by atoms with Gasteiger partial charge in [-0.15, -0.1) is 11.3 Å². The number of halogens is 1. The first-order valence-corrected chi connectivity index (χ1v) is 8.92. The predicted octanol–water partition coefficient (Wildman–Crippen LogP) is 5.97. The van der Waals surface area contributed by atoms with Gasteiger partial charge in [0.2, 0.25) is 0 Å². The van der Waals surface area contributed by atoms with Crippen LogP contribution < -0.4 is 10.1 Å². The van der Waals surface area contributed by atoms with Crippen LogP contribution in [0, 0.1) is 0 Å². The van der Waals surface area contributed by atoms with Crippen LogP contribution in [-0.4, -0.2) is 13.0 Å². The first-order chi connectivity index (χ1) is 12.2. The molecule has 1 heterocycles. The first kappa shape index (κ1) is 15.9. The number of rotatable bonds is 3. The molecule has 0 spiro atoms. The summed E-state index contributed by atoms with van der Waals surface area (Å²) >= 11 is 7.81. The number of carbonyl (C=O) groups is 1. The van der Waals surface area contributed by atoms with E-state index >= 15 is 0 Å². The van der Waals surface area contributed by atoms with E-state index < -0.39 is 0 Å². The molecular weight excluding hydrogens is 354 g/mol. The van der Waals surface area contributed by atoms with Gasteiger partial charge in [-0.25, -0.2) is 0 Å². The van der Waals surface area contributed by atoms with E-state index in [9.17, 15) is 4.79 Å². The van der Waals surface area contributed by atoms with Gasteiger partial charge in [0, 0.05) is 26.5 Å². The van der Waals surface area contributed by atoms with Crippen molar-refractivity contribution >= 4 is 55.4 Å². The van der Waals surface area contributed by atoms with Crippen molar-refractivity contribution < 1.29 is 9.53 Å². The Hall–Kier alpha value is -2.56. The highest BCUT2D eigenvalue weighted by atomic mass is 35.5. The molecule has 0 unspecified atom stereocenters. The Bertz CT molecular complexity index is 1100. The third-order valence-electron chi connectivity index (χ3n) is 4.09. The quantitative estimate of drug-likeness (QED) is 0.484. The molecule has 0 bridgehead atoms. The Balaban J connectivity index is 1.76. The zero-order valence-corrected chi connectivity index (χ0v) is 14.9. The molecule has 0 saturated heterocycles. The van der Waals surface area contributed by atoms with Crippen molar-refractivity contribution in [1.29, 1.82) is 0 Å². The van der Waals surface area contributed by atoms with Crippen molar-refractivity contribution in [1.82, 2.24) is 0 Å². The molecule has 3 nitrogen and oxygen atoms in total. The summed E-state index contributed by atoms with van der Waals surface area (Å²) in [6.45, 7) is 0. The largest absolute Gasteiger partial charge is 0.496 e. The van der Waals surface area contributed by atoms with Gasteiger partial charge in [0.15, 0.2) is 0 Å². The summed E-state index contributed by atoms with van der Waals surface area (Å²) in [5, 5.41) is 6.26. The SMILES string of the molecule is COc1ccc(NC(=O)c2sc3ccccc3c2Cl)c2ccccc12. The summed E-state index contributed by atoms with van der Waals surface area (Å²) in [6.07, 6.45) is 0. The minimum Gasteiger partial charge on any atom is -0.496 e. The van der Waals surface area contributed by atoms with Crippen molar-refractivity contribution in [3.8, 4) is 5.75 Å². The Kier molecular flexibility index (Phi) is 4.07. The van der Waals surface area contributed by atoms with E-state index in [1.165, 1.54) is 11.3 Å². The maximum Gasteiger partial charge on any atom is 0.267 e. The minimum absolute atomic E-state index is 0.207. The Morgan fingerprint density at radius 3 is 2.36 bits per heavy atom. The van der Waals surface area contributed by atoms with Crippen LogP contribution in [-0.2, 0) is 0 Å². The summed E-state index contributed by atoms with van der Waals surface area (Å²) in [5.41, 5.74) is 0.731. The average Bonchev–Trinajstić information content (AvgIpc) is 2.99. The van der Waals surface area contributed by atoms with Gasteiger partial charge in [0.05, 0.1) is 12.1 Å². The van der Waals surface area contributed by atoms with Crippen LogP contribution in [0.4, 0.5) is 5.69 Å². The molecule has 0 atom stereocenters. The molecule has 1 N–H and O–H groups in total. The molecule has 0 aliphatic rings. The topological polar surface area (TPSA) is 38.3 Å². The zero-order chi connectivity index (χ0) is 17.4. The lowest BCUT2D eigenvalue weighted by molar-refractivity contribution is 0.103. The molecule has 5 heteroatoms. The fourth-order valence-corrected chi connectivity index (χ4v) is 4.31. The third-order valence-corrected chi connectivity index (χ3v) is 5.77. The fourth-order valence-electron chi connectivity index (χ4n) is 2.90. The molecule has 1 aromatic heterocycles. The molecular formula is C20H14ClNO2S. The van der Waals surface area contributed by atoms with Gasteiger partial charge in [-0.2, -0.15) is 0 Å². The first-order valence-electron chi connectivity index (χ1n) is 7.73. The second-order valence-corrected chi connectivity index (χ2v) is 6.99. The molecule has 0 aliphatic heterocycles. The number of thiophene rings is 1. The molecule has 0 fully saturated rings. The van der Waals surface area contributed by atoms with Crippen LogP contribution in [0.2, 0.25) is 5.02 Å². The van der Waals surface area contributed by atoms with Crippen molar-refractivity contribution in [3.63, 3.8) is 0 Å². The molecule has 4 aromatic rings. The molecule has 4 rings (SSSR count). The van der Waals surface area contributed by atoms with Gasteiger partial charge in [-0.05, 0) is 18.2 Å². The number of amides is 1. The van der Waals surface area contributed by atoms with Crippen LogP contribution in [0.1, 0.15) is 9.67 Å². The van der Waals surface area contributed by atoms with Gasteiger partial charge in [-0.3, -0.25) is 4.79 Å². The smallest absolute Gasteiger partial charge is 0.267 e. The van der Waals surface area contributed by atoms with E-state index in [4.69, 9.17) is 16.3 Å². The van der Waals surface area contributed by atoms with Gasteiger partial charge in [0.1, 0.15) is 10.6 Å². The summed E-state index contributed by atoms with van der Waals surface area (Å²) in [7, 11) is 1.64. The summed E-state index contributed by atoms with van der Waals surface area (Å²) < 4.78 is 6.40. The second-order valence-electron chi connectivity index (χ2n) is 5.56. The lowest BCUT2D eigenvalue weighted by atomic mass is 10.1. The van der Waals surface area contributed by atoms with Crippen LogP contribution in [0.3, 0.4) is 0 Å². The fraction of sp³-hybridized carbons (Fsp3) is 0.0500. The Labute approximate surface area is 153 Å². The number of anilines is 1. The normalized spacial score (nSPS) is 11.0. The standard InChI is InChI=1S/C20H14ClNO2S/c1-24-16-11-10-15(12-6-2-3-7-13(12)16)22-20(23)19-18(21)14-8-4-5-9-17(14)25-19/h2-11H,1H3,(H,22,23). The predicted molar refractivity (Wildman–Crippen MR) is 105 cm³/mol. The van der Waals surface area contributed by atoms with Gasteiger partial charge < -0.3 is 10.1 Å². The number of hydrogen-bond acceptors (Lipinski definition) is 3. The lowest BCUT2D eigenvalue weighted by Gasteiger charge is -2.11. The molecule has 0 radical (unpaired) electrons. The van der Waals surface area contributed by atoms with E-state index in [1.54, 1.807) is 7.11 Å². The maximum absolute atomic E-state index is 12.8. The van der Waals surface area contributed by atoms with E-state index in [0.29, 0.717) is 9.90 Å². The number of methoxy groups -OCH3 is 1. The van der Waals surface area contributed by atoms with Crippen molar-refractivity contribution in [2.24, 2.45) is 0 Å². The number of fused-ring (bicyclic) bond motifs is 2. The zero-order valence-electron chi connectivity index (χ0n) is 13.4. The highest BCUT2D eigenvalue weighted by Crippen LogP contribution is 2.36. The van der Waals surface area contributed by atoms with E-state index in [2.05, 4.69) is 5.32 Å². The summed E-state index contributed by atoms with van der Waals surface area (Å²) in [5.74, 6) is 0.565. The van der Waals surface area contributed by atoms with Gasteiger partial charge >= 0.3 is 0 Å². The number of hydrogen-bond donors (Lipinski definition) is 1. The number of ether oxygens (including phenoxy) is 1. The van der Waals surface area contributed by atoms with Crippen LogP contribution in [0.15, 0.2) is 60.7 Å².